The van der Waals surface area contributed by atoms with Gasteiger partial charge in [0.25, 0.3) is 11.8 Å². The van der Waals surface area contributed by atoms with Gasteiger partial charge in [-0.3, -0.25) is 19.8 Å². The highest BCUT2D eigenvalue weighted by atomic mass is 32.2. The summed E-state index contributed by atoms with van der Waals surface area (Å²) in [5.41, 5.74) is 4.67. The summed E-state index contributed by atoms with van der Waals surface area (Å²) in [5.74, 6) is -0.708. The summed E-state index contributed by atoms with van der Waals surface area (Å²) < 4.78 is 11.3. The van der Waals surface area contributed by atoms with Crippen LogP contribution in [-0.2, 0) is 16.2 Å². The topological polar surface area (TPSA) is 105 Å². The molecule has 1 heterocycles. The Bertz CT molecular complexity index is 1330. The first-order valence-corrected chi connectivity index (χ1v) is 12.4. The number of nitrogens with zero attached hydrogens (tertiary/aromatic N) is 1. The summed E-state index contributed by atoms with van der Waals surface area (Å²) in [6.07, 6.45) is 1.56. The van der Waals surface area contributed by atoms with Crippen LogP contribution >= 0.6 is 24.0 Å². The van der Waals surface area contributed by atoms with E-state index in [1.165, 1.54) is 0 Å². The number of rotatable bonds is 10. The summed E-state index contributed by atoms with van der Waals surface area (Å²) in [7, 11) is 0. The molecule has 2 N–H and O–H groups in total. The molecule has 0 aliphatic carbocycles. The number of carbonyl (C=O) groups is 3. The van der Waals surface area contributed by atoms with Gasteiger partial charge in [-0.05, 0) is 65.8 Å². The third-order valence-corrected chi connectivity index (χ3v) is 6.44. The van der Waals surface area contributed by atoms with Crippen LogP contribution in [0.2, 0.25) is 0 Å². The Balaban J connectivity index is 1.33. The molecule has 1 fully saturated rings. The molecule has 4 rings (SSSR count). The number of amides is 2. The predicted octanol–water partition coefficient (Wildman–Crippen LogP) is 4.67. The van der Waals surface area contributed by atoms with E-state index in [4.69, 9.17) is 26.8 Å². The van der Waals surface area contributed by atoms with Gasteiger partial charge < -0.3 is 14.6 Å². The summed E-state index contributed by atoms with van der Waals surface area (Å²) in [6, 6.07) is 23.2. The smallest absolute Gasteiger partial charge is 0.306 e. The Morgan fingerprint density at radius 3 is 2.27 bits per heavy atom. The number of nitrogens with one attached hydrogen (secondary N) is 1. The molecule has 10 heteroatoms. The average Bonchev–Trinajstić information content (AvgIpc) is 3.16. The number of benzene rings is 3. The predicted molar refractivity (Wildman–Crippen MR) is 144 cm³/mol. The minimum Gasteiger partial charge on any atom is -0.493 e. The lowest BCUT2D eigenvalue weighted by Crippen LogP contribution is -2.44. The number of aliphatic carboxylic acids is 1. The van der Waals surface area contributed by atoms with Gasteiger partial charge in [-0.1, -0.05) is 54.2 Å². The van der Waals surface area contributed by atoms with Gasteiger partial charge in [0.2, 0.25) is 0 Å². The van der Waals surface area contributed by atoms with Crippen molar-refractivity contribution in [1.29, 1.82) is 0 Å². The molecule has 188 valence electrons. The summed E-state index contributed by atoms with van der Waals surface area (Å²) in [6.45, 7) is 0.478. The van der Waals surface area contributed by atoms with Crippen LogP contribution in [0.25, 0.3) is 6.08 Å². The third kappa shape index (κ3) is 7.18. The number of hydrogen-bond donors (Lipinski definition) is 2. The Hall–Kier alpha value is -4.15. The number of hydrogen-bond acceptors (Lipinski definition) is 7. The van der Waals surface area contributed by atoms with E-state index >= 15 is 0 Å². The number of carboxylic acids is 1. The normalized spacial score (nSPS) is 14.1. The van der Waals surface area contributed by atoms with Crippen LogP contribution in [0.5, 0.6) is 11.5 Å². The number of ether oxygens (including phenoxy) is 2. The molecule has 0 saturated carbocycles. The summed E-state index contributed by atoms with van der Waals surface area (Å²) in [5, 5.41) is 9.73. The fraction of sp³-hybridized carbons (Fsp3) is 0.111. The lowest BCUT2D eigenvalue weighted by atomic mass is 10.2. The van der Waals surface area contributed by atoms with Crippen molar-refractivity contribution in [3.8, 4) is 11.5 Å². The molecule has 0 bridgehead atoms. The Kier molecular flexibility index (Phi) is 8.55. The maximum Gasteiger partial charge on any atom is 0.306 e. The highest BCUT2D eigenvalue weighted by Crippen LogP contribution is 2.32. The van der Waals surface area contributed by atoms with Crippen LogP contribution in [0.3, 0.4) is 0 Å². The molecule has 37 heavy (non-hydrogen) atoms. The van der Waals surface area contributed by atoms with E-state index in [1.54, 1.807) is 54.6 Å². The van der Waals surface area contributed by atoms with Gasteiger partial charge in [-0.15, -0.1) is 0 Å². The van der Waals surface area contributed by atoms with Gasteiger partial charge >= 0.3 is 5.97 Å². The lowest BCUT2D eigenvalue weighted by Gasteiger charge is -2.15. The van der Waals surface area contributed by atoms with Crippen LogP contribution in [0.4, 0.5) is 0 Å². The monoisotopic (exact) mass is 534 g/mol. The van der Waals surface area contributed by atoms with Gasteiger partial charge in [0.1, 0.15) is 18.1 Å². The minimum absolute atomic E-state index is 0.0659. The highest BCUT2D eigenvalue weighted by molar-refractivity contribution is 8.26. The zero-order valence-corrected chi connectivity index (χ0v) is 21.1. The number of carboxylic acid groups (broad SMARTS) is 1. The highest BCUT2D eigenvalue weighted by Gasteiger charge is 2.33. The number of thioether (sulfide) groups is 1. The van der Waals surface area contributed by atoms with Crippen LogP contribution in [0.1, 0.15) is 27.9 Å². The van der Waals surface area contributed by atoms with E-state index in [1.807, 2.05) is 30.3 Å². The van der Waals surface area contributed by atoms with Crippen molar-refractivity contribution in [2.24, 2.45) is 0 Å². The molecule has 0 spiro atoms. The van der Waals surface area contributed by atoms with E-state index in [9.17, 15) is 14.4 Å². The fourth-order valence-electron chi connectivity index (χ4n) is 3.24. The third-order valence-electron chi connectivity index (χ3n) is 5.13. The number of carbonyl (C=O) groups excluding carboxylic acids is 2. The van der Waals surface area contributed by atoms with E-state index in [0.717, 1.165) is 27.9 Å². The maximum absolute atomic E-state index is 12.9. The molecule has 0 atom stereocenters. The molecule has 8 nitrogen and oxygen atoms in total. The van der Waals surface area contributed by atoms with Crippen LogP contribution in [-0.4, -0.2) is 38.8 Å². The van der Waals surface area contributed by atoms with Crippen LogP contribution in [0, 0.1) is 0 Å². The molecule has 1 saturated heterocycles. The molecule has 1 aliphatic rings. The molecule has 1 aliphatic heterocycles. The lowest BCUT2D eigenvalue weighted by molar-refractivity contribution is -0.137. The Labute approximate surface area is 222 Å². The largest absolute Gasteiger partial charge is 0.493 e. The maximum atomic E-state index is 12.9. The summed E-state index contributed by atoms with van der Waals surface area (Å²) in [4.78, 5) is 36.5. The van der Waals surface area contributed by atoms with Crippen LogP contribution < -0.4 is 14.9 Å². The second kappa shape index (κ2) is 12.2. The molecule has 3 aromatic rings. The first-order chi connectivity index (χ1) is 17.9. The first kappa shape index (κ1) is 25.9. The first-order valence-electron chi connectivity index (χ1n) is 11.2. The SMILES string of the molecule is O=C(O)CCOc1ccc(/C=C2/SC(=S)N(NC(=O)c3ccc(OCc4ccccc4)cc3)C2=O)cc1. The van der Waals surface area contributed by atoms with Gasteiger partial charge in [0.15, 0.2) is 4.32 Å². The Morgan fingerprint density at radius 2 is 1.59 bits per heavy atom. The Morgan fingerprint density at radius 1 is 0.946 bits per heavy atom. The van der Waals surface area contributed by atoms with Crippen molar-refractivity contribution >= 4 is 52.2 Å². The second-order valence-corrected chi connectivity index (χ2v) is 9.49. The molecular weight excluding hydrogens is 512 g/mol. The van der Waals surface area contributed by atoms with Crippen molar-refractivity contribution in [3.05, 3.63) is 100 Å². The standard InChI is InChI=1S/C27H22N2O6S2/c30-24(31)14-15-34-21-10-6-18(7-11-21)16-23-26(33)29(27(36)37-23)28-25(32)20-8-12-22(13-9-20)35-17-19-4-2-1-3-5-19/h1-13,16H,14-15,17H2,(H,28,32)(H,30,31)/b23-16+. The van der Waals surface area contributed by atoms with Crippen LogP contribution in [0.15, 0.2) is 83.8 Å². The van der Waals surface area contributed by atoms with Crippen molar-refractivity contribution in [3.63, 3.8) is 0 Å². The molecule has 0 unspecified atom stereocenters. The van der Waals surface area contributed by atoms with Gasteiger partial charge in [-0.2, -0.15) is 5.01 Å². The fourth-order valence-corrected chi connectivity index (χ4v) is 4.42. The van der Waals surface area contributed by atoms with Gasteiger partial charge in [-0.25, -0.2) is 0 Å². The average molecular weight is 535 g/mol. The molecule has 0 radical (unpaired) electrons. The molecule has 0 aromatic heterocycles. The van der Waals surface area contributed by atoms with Crippen molar-refractivity contribution in [2.75, 3.05) is 6.61 Å². The zero-order valence-electron chi connectivity index (χ0n) is 19.5. The van der Waals surface area contributed by atoms with E-state index in [0.29, 0.717) is 28.6 Å². The van der Waals surface area contributed by atoms with Crippen molar-refractivity contribution < 1.29 is 29.0 Å². The second-order valence-electron chi connectivity index (χ2n) is 7.82. The van der Waals surface area contributed by atoms with E-state index < -0.39 is 17.8 Å². The van der Waals surface area contributed by atoms with Crippen molar-refractivity contribution in [2.45, 2.75) is 13.0 Å². The molecule has 2 amide bonds. The summed E-state index contributed by atoms with van der Waals surface area (Å²) >= 11 is 6.37. The van der Waals surface area contributed by atoms with Gasteiger partial charge in [0.05, 0.1) is 17.9 Å². The quantitative estimate of drug-likeness (QED) is 0.286. The van der Waals surface area contributed by atoms with Gasteiger partial charge in [0, 0.05) is 5.56 Å². The minimum atomic E-state index is -0.935. The van der Waals surface area contributed by atoms with E-state index in [2.05, 4.69) is 5.43 Å². The number of hydrazine groups is 1. The van der Waals surface area contributed by atoms with E-state index in [-0.39, 0.29) is 17.3 Å². The molecule has 3 aromatic carbocycles. The van der Waals surface area contributed by atoms with Crippen molar-refractivity contribution in [1.82, 2.24) is 10.4 Å². The molecular formula is C27H22N2O6S2. The number of thiocarbonyl (C=S) groups is 1. The zero-order chi connectivity index (χ0) is 26.2.